The zero-order valence-electron chi connectivity index (χ0n) is 8.83. The van der Waals surface area contributed by atoms with Crippen molar-refractivity contribution in [2.45, 2.75) is 24.5 Å². The van der Waals surface area contributed by atoms with Crippen LogP contribution in [0.5, 0.6) is 0 Å². The van der Waals surface area contributed by atoms with Gasteiger partial charge in [-0.15, -0.1) is 0 Å². The number of carbonyl (C=O) groups excluding carboxylic acids is 1. The van der Waals surface area contributed by atoms with Crippen LogP contribution in [0.1, 0.15) is 18.9 Å². The van der Waals surface area contributed by atoms with Gasteiger partial charge in [0.1, 0.15) is 5.60 Å². The van der Waals surface area contributed by atoms with E-state index in [0.717, 1.165) is 5.56 Å². The normalized spacial score (nSPS) is 36.5. The highest BCUT2D eigenvalue weighted by molar-refractivity contribution is 6.30. The van der Waals surface area contributed by atoms with Crippen LogP contribution >= 0.6 is 11.6 Å². The van der Waals surface area contributed by atoms with Gasteiger partial charge in [0.25, 0.3) is 0 Å². The first-order valence-electron chi connectivity index (χ1n) is 5.22. The molecule has 1 aromatic rings. The highest BCUT2D eigenvalue weighted by Gasteiger charge is 2.75. The number of carbonyl (C=O) groups is 1. The molecular formula is C12H11ClO3. The van der Waals surface area contributed by atoms with Crippen molar-refractivity contribution in [3.63, 3.8) is 0 Å². The summed E-state index contributed by atoms with van der Waals surface area (Å²) in [4.78, 5) is 11.6. The Balaban J connectivity index is 1.97. The van der Waals surface area contributed by atoms with E-state index in [4.69, 9.17) is 21.1 Å². The molecule has 0 N–H and O–H groups in total. The van der Waals surface area contributed by atoms with E-state index in [1.165, 1.54) is 0 Å². The molecule has 2 aliphatic rings. The standard InChI is InChI=1S/C12H11ClO3/c1-11(8-2-4-9(13)5-3-8)12(16-11)6-7-15-10(12)14/h2-5H,6-7H2,1H3/t11-,12+/m0/s1. The molecule has 3 rings (SSSR count). The van der Waals surface area contributed by atoms with Crippen molar-refractivity contribution in [1.82, 2.24) is 0 Å². The Labute approximate surface area is 98.3 Å². The van der Waals surface area contributed by atoms with E-state index in [1.807, 2.05) is 19.1 Å². The molecule has 2 heterocycles. The van der Waals surface area contributed by atoms with Gasteiger partial charge in [-0.3, -0.25) is 0 Å². The molecule has 84 valence electrons. The van der Waals surface area contributed by atoms with Gasteiger partial charge < -0.3 is 9.47 Å². The molecule has 1 spiro atoms. The van der Waals surface area contributed by atoms with Gasteiger partial charge in [0.05, 0.1) is 6.61 Å². The van der Waals surface area contributed by atoms with Crippen molar-refractivity contribution in [3.8, 4) is 0 Å². The molecule has 3 nitrogen and oxygen atoms in total. The van der Waals surface area contributed by atoms with E-state index in [2.05, 4.69) is 0 Å². The van der Waals surface area contributed by atoms with Gasteiger partial charge in [0.2, 0.25) is 5.60 Å². The predicted molar refractivity (Wildman–Crippen MR) is 58.2 cm³/mol. The van der Waals surface area contributed by atoms with Gasteiger partial charge in [-0.25, -0.2) is 4.79 Å². The fourth-order valence-corrected chi connectivity index (χ4v) is 2.54. The van der Waals surface area contributed by atoms with E-state index in [0.29, 0.717) is 18.1 Å². The fraction of sp³-hybridized carbons (Fsp3) is 0.417. The van der Waals surface area contributed by atoms with Crippen LogP contribution in [0.15, 0.2) is 24.3 Å². The summed E-state index contributed by atoms with van der Waals surface area (Å²) in [6.45, 7) is 2.37. The minimum absolute atomic E-state index is 0.245. The third-order valence-corrected chi connectivity index (χ3v) is 3.77. The molecule has 16 heavy (non-hydrogen) atoms. The van der Waals surface area contributed by atoms with Crippen molar-refractivity contribution >= 4 is 17.6 Å². The minimum Gasteiger partial charge on any atom is -0.463 e. The molecule has 0 aliphatic carbocycles. The summed E-state index contributed by atoms with van der Waals surface area (Å²) in [6, 6.07) is 7.39. The van der Waals surface area contributed by atoms with Gasteiger partial charge in [-0.2, -0.15) is 0 Å². The van der Waals surface area contributed by atoms with E-state index in [-0.39, 0.29) is 5.97 Å². The molecule has 0 aromatic heterocycles. The molecule has 2 fully saturated rings. The predicted octanol–water partition coefficient (Wildman–Crippen LogP) is 2.27. The molecule has 2 atom stereocenters. The minimum atomic E-state index is -0.749. The fourth-order valence-electron chi connectivity index (χ4n) is 2.42. The summed E-state index contributed by atoms with van der Waals surface area (Å²) in [5.74, 6) is -0.245. The molecule has 2 saturated heterocycles. The molecule has 4 heteroatoms. The highest BCUT2D eigenvalue weighted by atomic mass is 35.5. The lowest BCUT2D eigenvalue weighted by molar-refractivity contribution is -0.142. The van der Waals surface area contributed by atoms with Crippen molar-refractivity contribution in [3.05, 3.63) is 34.9 Å². The lowest BCUT2D eigenvalue weighted by Gasteiger charge is -2.09. The average Bonchev–Trinajstić information content (AvgIpc) is 2.70. The van der Waals surface area contributed by atoms with Crippen LogP contribution in [0.4, 0.5) is 0 Å². The number of cyclic esters (lactones) is 1. The van der Waals surface area contributed by atoms with E-state index in [1.54, 1.807) is 12.1 Å². The average molecular weight is 239 g/mol. The Bertz CT molecular complexity index is 456. The van der Waals surface area contributed by atoms with Gasteiger partial charge in [0, 0.05) is 11.4 Å². The zero-order chi connectivity index (χ0) is 11.4. The van der Waals surface area contributed by atoms with Crippen LogP contribution in [0.3, 0.4) is 0 Å². The highest BCUT2D eigenvalue weighted by Crippen LogP contribution is 2.60. The smallest absolute Gasteiger partial charge is 0.342 e. The lowest BCUT2D eigenvalue weighted by atomic mass is 9.87. The van der Waals surface area contributed by atoms with Crippen LogP contribution < -0.4 is 0 Å². The number of halogens is 1. The summed E-state index contributed by atoms with van der Waals surface area (Å²) in [7, 11) is 0. The Kier molecular flexibility index (Phi) is 1.89. The molecular weight excluding hydrogens is 228 g/mol. The maximum absolute atomic E-state index is 11.6. The number of hydrogen-bond donors (Lipinski definition) is 0. The molecule has 1 aromatic carbocycles. The quantitative estimate of drug-likeness (QED) is 0.557. The lowest BCUT2D eigenvalue weighted by Crippen LogP contribution is -2.26. The van der Waals surface area contributed by atoms with Crippen LogP contribution in [0.2, 0.25) is 5.02 Å². The van der Waals surface area contributed by atoms with Crippen LogP contribution in [-0.2, 0) is 19.9 Å². The Morgan fingerprint density at radius 3 is 2.56 bits per heavy atom. The second-order valence-corrected chi connectivity index (χ2v) is 4.79. The van der Waals surface area contributed by atoms with Crippen molar-refractivity contribution < 1.29 is 14.3 Å². The molecule has 2 aliphatic heterocycles. The van der Waals surface area contributed by atoms with E-state index >= 15 is 0 Å². The van der Waals surface area contributed by atoms with Crippen LogP contribution in [0, 0.1) is 0 Å². The summed E-state index contributed by atoms with van der Waals surface area (Å²) >= 11 is 5.83. The monoisotopic (exact) mass is 238 g/mol. The van der Waals surface area contributed by atoms with Gasteiger partial charge in [-0.05, 0) is 24.6 Å². The Morgan fingerprint density at radius 2 is 2.00 bits per heavy atom. The largest absolute Gasteiger partial charge is 0.463 e. The Hall–Kier alpha value is -1.06. The van der Waals surface area contributed by atoms with Crippen molar-refractivity contribution in [2.24, 2.45) is 0 Å². The number of hydrogen-bond acceptors (Lipinski definition) is 3. The van der Waals surface area contributed by atoms with Gasteiger partial charge >= 0.3 is 5.97 Å². The van der Waals surface area contributed by atoms with Crippen molar-refractivity contribution in [1.29, 1.82) is 0 Å². The zero-order valence-corrected chi connectivity index (χ0v) is 9.58. The first-order valence-corrected chi connectivity index (χ1v) is 5.60. The second-order valence-electron chi connectivity index (χ2n) is 4.36. The second kappa shape index (κ2) is 2.99. The third-order valence-electron chi connectivity index (χ3n) is 3.52. The molecule has 0 unspecified atom stereocenters. The number of rotatable bonds is 1. The maximum Gasteiger partial charge on any atom is 0.342 e. The first-order chi connectivity index (χ1) is 7.58. The molecule has 0 amide bonds. The number of benzene rings is 1. The van der Waals surface area contributed by atoms with Gasteiger partial charge in [-0.1, -0.05) is 23.7 Å². The molecule has 0 saturated carbocycles. The number of ether oxygens (including phenoxy) is 2. The van der Waals surface area contributed by atoms with Crippen LogP contribution in [0.25, 0.3) is 0 Å². The number of epoxide rings is 1. The summed E-state index contributed by atoms with van der Waals surface area (Å²) in [5, 5.41) is 0.677. The topological polar surface area (TPSA) is 38.8 Å². The maximum atomic E-state index is 11.6. The van der Waals surface area contributed by atoms with Crippen molar-refractivity contribution in [2.75, 3.05) is 6.61 Å². The summed E-state index contributed by atoms with van der Waals surface area (Å²) in [6.07, 6.45) is 0.630. The number of esters is 1. The summed E-state index contributed by atoms with van der Waals surface area (Å²) in [5.41, 5.74) is -0.331. The summed E-state index contributed by atoms with van der Waals surface area (Å²) < 4.78 is 10.7. The Morgan fingerprint density at radius 1 is 1.31 bits per heavy atom. The van der Waals surface area contributed by atoms with Gasteiger partial charge in [0.15, 0.2) is 0 Å². The SMILES string of the molecule is C[C@@]1(c2ccc(Cl)cc2)O[C@@]12CCOC2=O. The molecule has 0 bridgehead atoms. The van der Waals surface area contributed by atoms with Crippen LogP contribution in [-0.4, -0.2) is 18.2 Å². The third kappa shape index (κ3) is 1.10. The first kappa shape index (κ1) is 10.1. The van der Waals surface area contributed by atoms with E-state index in [9.17, 15) is 4.79 Å². The van der Waals surface area contributed by atoms with E-state index < -0.39 is 11.2 Å². The molecule has 0 radical (unpaired) electrons.